The molecule has 0 saturated carbocycles. The lowest BCUT2D eigenvalue weighted by Gasteiger charge is -2.34. The summed E-state index contributed by atoms with van der Waals surface area (Å²) in [5, 5.41) is 3.19. The molecule has 0 amide bonds. The number of carbonyl (C=O) groups is 3. The average molecular weight is 663 g/mol. The second-order valence-electron chi connectivity index (χ2n) is 11.4. The lowest BCUT2D eigenvalue weighted by molar-refractivity contribution is -0.108. The van der Waals surface area contributed by atoms with E-state index in [0.717, 1.165) is 0 Å². The highest BCUT2D eigenvalue weighted by atomic mass is 16.7. The highest BCUT2D eigenvalue weighted by Crippen LogP contribution is 2.45. The van der Waals surface area contributed by atoms with Crippen LogP contribution in [-0.2, 0) is 18.9 Å². The summed E-state index contributed by atoms with van der Waals surface area (Å²) in [6.07, 6.45) is 0.265. The van der Waals surface area contributed by atoms with E-state index >= 15 is 0 Å². The Kier molecular flexibility index (Phi) is 9.62. The number of fused-ring (bicyclic) bond motifs is 1. The van der Waals surface area contributed by atoms with Crippen LogP contribution in [0.3, 0.4) is 0 Å². The fraction of sp³-hybridized carbons (Fsp3) is 0.222. The van der Waals surface area contributed by atoms with Gasteiger partial charge >= 0.3 is 17.9 Å². The van der Waals surface area contributed by atoms with Gasteiger partial charge in [0, 0.05) is 6.54 Å². The Morgan fingerprint density at radius 3 is 2.12 bits per heavy atom. The molecule has 0 radical (unpaired) electrons. The molecular formula is C36H34N6O7. The van der Waals surface area contributed by atoms with Gasteiger partial charge in [0.15, 0.2) is 34.9 Å². The van der Waals surface area contributed by atoms with Gasteiger partial charge in [-0.15, -0.1) is 6.58 Å². The first-order valence-electron chi connectivity index (χ1n) is 15.6. The van der Waals surface area contributed by atoms with Crippen LogP contribution in [0.15, 0.2) is 110 Å². The lowest BCUT2D eigenvalue weighted by Crippen LogP contribution is -2.50. The van der Waals surface area contributed by atoms with Crippen molar-refractivity contribution in [3.63, 3.8) is 0 Å². The van der Waals surface area contributed by atoms with Crippen LogP contribution >= 0.6 is 0 Å². The van der Waals surface area contributed by atoms with Crippen LogP contribution in [0.25, 0.3) is 11.2 Å². The van der Waals surface area contributed by atoms with Crippen molar-refractivity contribution >= 4 is 40.8 Å². The second kappa shape index (κ2) is 14.4. The highest BCUT2D eigenvalue weighted by Gasteiger charge is 2.61. The van der Waals surface area contributed by atoms with E-state index in [9.17, 15) is 14.4 Å². The zero-order valence-corrected chi connectivity index (χ0v) is 26.6. The van der Waals surface area contributed by atoms with Crippen LogP contribution < -0.4 is 11.1 Å². The first-order valence-corrected chi connectivity index (χ1v) is 15.6. The van der Waals surface area contributed by atoms with Crippen LogP contribution in [0.2, 0.25) is 0 Å². The first kappa shape index (κ1) is 32.8. The van der Waals surface area contributed by atoms with Gasteiger partial charge in [0.2, 0.25) is 5.95 Å². The zero-order valence-electron chi connectivity index (χ0n) is 26.6. The normalized spacial score (nSPS) is 20.0. The van der Waals surface area contributed by atoms with Gasteiger partial charge in [-0.25, -0.2) is 19.4 Å². The number of rotatable bonds is 12. The number of hydrogen-bond donors (Lipinski definition) is 2. The summed E-state index contributed by atoms with van der Waals surface area (Å²) in [6.45, 7) is 5.49. The van der Waals surface area contributed by atoms with Crippen molar-refractivity contribution in [2.45, 2.75) is 37.4 Å². The molecule has 4 atom stereocenters. The largest absolute Gasteiger partial charge is 0.459 e. The van der Waals surface area contributed by atoms with Gasteiger partial charge in [0.25, 0.3) is 0 Å². The van der Waals surface area contributed by atoms with E-state index in [4.69, 9.17) is 24.7 Å². The number of hydrogen-bond acceptors (Lipinski definition) is 12. The van der Waals surface area contributed by atoms with Crippen molar-refractivity contribution in [1.29, 1.82) is 0 Å². The molecule has 49 heavy (non-hydrogen) atoms. The molecule has 0 aliphatic carbocycles. The molecule has 2 unspecified atom stereocenters. The Balaban J connectivity index is 1.43. The van der Waals surface area contributed by atoms with Crippen molar-refractivity contribution < 1.29 is 33.3 Å². The predicted octanol–water partition coefficient (Wildman–Crippen LogP) is 4.99. The second-order valence-corrected chi connectivity index (χ2v) is 11.4. The Bertz CT molecular complexity index is 1950. The number of ether oxygens (including phenoxy) is 4. The van der Waals surface area contributed by atoms with E-state index < -0.39 is 41.9 Å². The monoisotopic (exact) mass is 662 g/mol. The summed E-state index contributed by atoms with van der Waals surface area (Å²) in [6, 6.07) is 25.1. The van der Waals surface area contributed by atoms with Gasteiger partial charge in [-0.2, -0.15) is 9.97 Å². The van der Waals surface area contributed by atoms with Gasteiger partial charge in [-0.1, -0.05) is 60.7 Å². The van der Waals surface area contributed by atoms with Crippen LogP contribution in [0.5, 0.6) is 0 Å². The van der Waals surface area contributed by atoms with Crippen molar-refractivity contribution in [1.82, 2.24) is 19.5 Å². The average Bonchev–Trinajstić information content (AvgIpc) is 3.66. The third-order valence-electron chi connectivity index (χ3n) is 7.98. The molecule has 13 heteroatoms. The Morgan fingerprint density at radius 1 is 0.918 bits per heavy atom. The Labute approximate surface area is 281 Å². The summed E-state index contributed by atoms with van der Waals surface area (Å²) < 4.78 is 26.1. The van der Waals surface area contributed by atoms with Crippen LogP contribution in [0.1, 0.15) is 50.6 Å². The standard InChI is InChI=1S/C36H34N6O7/c1-3-4-20-38-29-27-30(41-35(37)40-29)42(22-39-27)34-36(2,49-33(45)25-18-12-7-13-19-25)28(48-32(44)24-16-10-6-11-17-24)26(47-34)21-46-31(43)23-14-8-5-9-15-23/h3,5-19,22,26,28,34H,1,4,20-21H2,2H3,(H3,37,38,40,41)/t26?,28-,34?,36-/m1/s1. The molecule has 1 saturated heterocycles. The number of nitrogens with zero attached hydrogens (tertiary/aromatic N) is 4. The molecule has 5 aromatic rings. The van der Waals surface area contributed by atoms with Crippen LogP contribution in [0, 0.1) is 0 Å². The van der Waals surface area contributed by atoms with Crippen molar-refractivity contribution in [2.24, 2.45) is 0 Å². The summed E-state index contributed by atoms with van der Waals surface area (Å²) in [5.74, 6) is -1.69. The third-order valence-corrected chi connectivity index (χ3v) is 7.98. The topological polar surface area (TPSA) is 170 Å². The molecule has 1 aliphatic rings. The SMILES string of the molecule is C=CCCNc1nc(N)nc2c1ncn2C1OC(COC(=O)c2ccccc2)[C@@H](OC(=O)c2ccccc2)[C@@]1(C)OC(=O)c1ccccc1. The molecular weight excluding hydrogens is 628 g/mol. The summed E-state index contributed by atoms with van der Waals surface area (Å²) in [4.78, 5) is 53.6. The van der Waals surface area contributed by atoms with Gasteiger partial charge < -0.3 is 30.0 Å². The van der Waals surface area contributed by atoms with Gasteiger partial charge in [-0.05, 0) is 49.7 Å². The van der Waals surface area contributed by atoms with E-state index in [1.54, 1.807) is 104 Å². The van der Waals surface area contributed by atoms with Crippen molar-refractivity contribution in [2.75, 3.05) is 24.2 Å². The van der Waals surface area contributed by atoms with E-state index in [2.05, 4.69) is 26.8 Å². The lowest BCUT2D eigenvalue weighted by atomic mass is 9.95. The minimum absolute atomic E-state index is 0.0447. The number of nitrogen functional groups attached to an aromatic ring is 1. The van der Waals surface area contributed by atoms with Gasteiger partial charge in [0.1, 0.15) is 12.7 Å². The molecule has 2 aromatic heterocycles. The van der Waals surface area contributed by atoms with E-state index in [1.807, 2.05) is 0 Å². The molecule has 0 spiro atoms. The number of esters is 3. The Hall–Kier alpha value is -6.08. The molecule has 3 aromatic carbocycles. The van der Waals surface area contributed by atoms with E-state index in [1.165, 1.54) is 10.9 Å². The molecule has 3 heterocycles. The van der Waals surface area contributed by atoms with Gasteiger partial charge in [-0.3, -0.25) is 4.57 Å². The maximum absolute atomic E-state index is 13.7. The highest BCUT2D eigenvalue weighted by molar-refractivity contribution is 5.91. The number of aromatic nitrogens is 4. The van der Waals surface area contributed by atoms with Crippen molar-refractivity contribution in [3.05, 3.63) is 127 Å². The number of carbonyl (C=O) groups excluding carboxylic acids is 3. The number of nitrogens with two attached hydrogens (primary N) is 1. The maximum atomic E-state index is 13.7. The maximum Gasteiger partial charge on any atom is 0.338 e. The quantitative estimate of drug-likeness (QED) is 0.0795. The summed E-state index contributed by atoms with van der Waals surface area (Å²) in [7, 11) is 0. The summed E-state index contributed by atoms with van der Waals surface area (Å²) in [5.41, 5.74) is 5.85. The minimum atomic E-state index is -1.73. The molecule has 6 rings (SSSR count). The van der Waals surface area contributed by atoms with E-state index in [0.29, 0.717) is 29.9 Å². The van der Waals surface area contributed by atoms with Crippen LogP contribution in [-0.4, -0.2) is 68.4 Å². The zero-order chi connectivity index (χ0) is 34.4. The first-order chi connectivity index (χ1) is 23.8. The molecule has 3 N–H and O–H groups in total. The molecule has 13 nitrogen and oxygen atoms in total. The smallest absolute Gasteiger partial charge is 0.338 e. The predicted molar refractivity (Wildman–Crippen MR) is 180 cm³/mol. The van der Waals surface area contributed by atoms with Crippen LogP contribution in [0.4, 0.5) is 11.8 Å². The van der Waals surface area contributed by atoms with Crippen molar-refractivity contribution in [3.8, 4) is 0 Å². The Morgan fingerprint density at radius 2 is 1.51 bits per heavy atom. The fourth-order valence-corrected chi connectivity index (χ4v) is 5.58. The number of benzene rings is 3. The minimum Gasteiger partial charge on any atom is -0.459 e. The number of imidazole rings is 1. The molecule has 1 aliphatic heterocycles. The molecule has 250 valence electrons. The van der Waals surface area contributed by atoms with Gasteiger partial charge in [0.05, 0.1) is 23.0 Å². The number of nitrogens with one attached hydrogen (secondary N) is 1. The number of anilines is 2. The summed E-state index contributed by atoms with van der Waals surface area (Å²) >= 11 is 0. The van der Waals surface area contributed by atoms with E-state index in [-0.39, 0.29) is 29.3 Å². The third kappa shape index (κ3) is 6.97. The molecule has 0 bridgehead atoms. The fourth-order valence-electron chi connectivity index (χ4n) is 5.58. The molecule has 1 fully saturated rings.